The summed E-state index contributed by atoms with van der Waals surface area (Å²) < 4.78 is 0.830. The summed E-state index contributed by atoms with van der Waals surface area (Å²) in [6.45, 7) is 7.04. The van der Waals surface area contributed by atoms with E-state index in [1.54, 1.807) is 12.1 Å². The summed E-state index contributed by atoms with van der Waals surface area (Å²) >= 11 is 15.5. The van der Waals surface area contributed by atoms with Crippen LogP contribution < -0.4 is 5.32 Å². The highest BCUT2D eigenvalue weighted by molar-refractivity contribution is 9.10. The first-order valence-corrected chi connectivity index (χ1v) is 7.81. The smallest absolute Gasteiger partial charge is 0.0839 e. The summed E-state index contributed by atoms with van der Waals surface area (Å²) in [6.07, 6.45) is -0.462. The maximum absolute atomic E-state index is 9.98. The monoisotopic (exact) mass is 368 g/mol. The van der Waals surface area contributed by atoms with Crippen molar-refractivity contribution in [2.24, 2.45) is 0 Å². The van der Waals surface area contributed by atoms with Crippen molar-refractivity contribution in [1.82, 2.24) is 4.90 Å². The van der Waals surface area contributed by atoms with Gasteiger partial charge in [0.25, 0.3) is 0 Å². The number of likely N-dealkylation sites (N-methyl/N-ethyl adjacent to an activating group) is 1. The number of nitrogens with one attached hydrogen (secondary N) is 1. The van der Waals surface area contributed by atoms with Crippen molar-refractivity contribution in [2.45, 2.75) is 20.0 Å². The predicted octanol–water partition coefficient (Wildman–Crippen LogP) is 3.87. The van der Waals surface area contributed by atoms with E-state index in [1.165, 1.54) is 0 Å². The maximum Gasteiger partial charge on any atom is 0.0839 e. The van der Waals surface area contributed by atoms with Crippen molar-refractivity contribution < 1.29 is 5.11 Å². The fourth-order valence-corrected chi connectivity index (χ4v) is 3.12. The molecule has 0 spiro atoms. The molecule has 1 rings (SSSR count). The SMILES string of the molecule is CCN(CC)CC(O)CNc1c(Cl)cc(Br)cc1Cl. The van der Waals surface area contributed by atoms with E-state index < -0.39 is 6.10 Å². The second-order valence-electron chi connectivity index (χ2n) is 4.27. The number of aliphatic hydroxyl groups is 1. The van der Waals surface area contributed by atoms with Gasteiger partial charge in [-0.05, 0) is 25.2 Å². The number of rotatable bonds is 7. The van der Waals surface area contributed by atoms with Gasteiger partial charge in [0.15, 0.2) is 0 Å². The third-order valence-electron chi connectivity index (χ3n) is 2.88. The summed E-state index contributed by atoms with van der Waals surface area (Å²) in [5, 5.41) is 14.2. The van der Waals surface area contributed by atoms with Gasteiger partial charge in [-0.15, -0.1) is 0 Å². The van der Waals surface area contributed by atoms with E-state index in [4.69, 9.17) is 23.2 Å². The van der Waals surface area contributed by atoms with E-state index in [2.05, 4.69) is 40.0 Å². The maximum atomic E-state index is 9.98. The van der Waals surface area contributed by atoms with Crippen LogP contribution in [0.2, 0.25) is 10.0 Å². The molecule has 19 heavy (non-hydrogen) atoms. The lowest BCUT2D eigenvalue weighted by atomic mass is 10.2. The molecule has 2 N–H and O–H groups in total. The Morgan fingerprint density at radius 1 is 1.26 bits per heavy atom. The van der Waals surface area contributed by atoms with Crippen molar-refractivity contribution in [2.75, 3.05) is 31.5 Å². The van der Waals surface area contributed by atoms with Gasteiger partial charge in [0.1, 0.15) is 0 Å². The molecular formula is C13H19BrCl2N2O. The van der Waals surface area contributed by atoms with E-state index in [-0.39, 0.29) is 0 Å². The van der Waals surface area contributed by atoms with Crippen LogP contribution in [0.25, 0.3) is 0 Å². The predicted molar refractivity (Wildman–Crippen MR) is 86.4 cm³/mol. The van der Waals surface area contributed by atoms with Crippen LogP contribution in [-0.4, -0.2) is 42.3 Å². The Kier molecular flexibility index (Phi) is 7.47. The molecule has 0 radical (unpaired) electrons. The number of hydrogen-bond donors (Lipinski definition) is 2. The third-order valence-corrected chi connectivity index (χ3v) is 3.94. The Labute approximate surface area is 133 Å². The molecule has 0 aliphatic rings. The highest BCUT2D eigenvalue weighted by Crippen LogP contribution is 2.33. The lowest BCUT2D eigenvalue weighted by Crippen LogP contribution is -2.36. The van der Waals surface area contributed by atoms with Crippen LogP contribution in [-0.2, 0) is 0 Å². The topological polar surface area (TPSA) is 35.5 Å². The van der Waals surface area contributed by atoms with E-state index in [0.29, 0.717) is 28.8 Å². The minimum Gasteiger partial charge on any atom is -0.390 e. The summed E-state index contributed by atoms with van der Waals surface area (Å²) in [7, 11) is 0. The molecular weight excluding hydrogens is 351 g/mol. The first-order valence-electron chi connectivity index (χ1n) is 6.26. The summed E-state index contributed by atoms with van der Waals surface area (Å²) in [4.78, 5) is 2.16. The Hall–Kier alpha value is -0.0000000000000000555. The lowest BCUT2D eigenvalue weighted by Gasteiger charge is -2.22. The number of aliphatic hydroxyl groups excluding tert-OH is 1. The summed E-state index contributed by atoms with van der Waals surface area (Å²) in [5.41, 5.74) is 0.658. The Morgan fingerprint density at radius 2 is 1.79 bits per heavy atom. The molecule has 1 aromatic carbocycles. The molecule has 0 amide bonds. The van der Waals surface area contributed by atoms with E-state index >= 15 is 0 Å². The highest BCUT2D eigenvalue weighted by Gasteiger charge is 2.12. The molecule has 0 fully saturated rings. The van der Waals surface area contributed by atoms with Gasteiger partial charge in [0.05, 0.1) is 21.8 Å². The van der Waals surface area contributed by atoms with E-state index in [1.807, 2.05) is 0 Å². The first-order chi connectivity index (χ1) is 8.97. The van der Waals surface area contributed by atoms with E-state index in [0.717, 1.165) is 17.6 Å². The van der Waals surface area contributed by atoms with Gasteiger partial charge in [-0.25, -0.2) is 0 Å². The van der Waals surface area contributed by atoms with Crippen LogP contribution in [0.5, 0.6) is 0 Å². The van der Waals surface area contributed by atoms with Crippen LogP contribution in [0.15, 0.2) is 16.6 Å². The minimum absolute atomic E-state index is 0.414. The van der Waals surface area contributed by atoms with Crippen LogP contribution in [0.4, 0.5) is 5.69 Å². The number of halogens is 3. The Balaban J connectivity index is 2.57. The van der Waals surface area contributed by atoms with Crippen LogP contribution >= 0.6 is 39.1 Å². The Bertz CT molecular complexity index is 391. The molecule has 1 unspecified atom stereocenters. The number of hydrogen-bond acceptors (Lipinski definition) is 3. The lowest BCUT2D eigenvalue weighted by molar-refractivity contribution is 0.128. The van der Waals surface area contributed by atoms with Crippen LogP contribution in [0.1, 0.15) is 13.8 Å². The molecule has 6 heteroatoms. The molecule has 0 aliphatic carbocycles. The van der Waals surface area contributed by atoms with Gasteiger partial charge in [0.2, 0.25) is 0 Å². The van der Waals surface area contributed by atoms with Crippen molar-refractivity contribution >= 4 is 44.8 Å². The fourth-order valence-electron chi connectivity index (χ4n) is 1.78. The van der Waals surface area contributed by atoms with Crippen molar-refractivity contribution in [3.63, 3.8) is 0 Å². The van der Waals surface area contributed by atoms with Crippen molar-refractivity contribution in [3.8, 4) is 0 Å². The average Bonchev–Trinajstić information content (AvgIpc) is 2.34. The van der Waals surface area contributed by atoms with Crippen LogP contribution in [0, 0.1) is 0 Å². The second kappa shape index (κ2) is 8.32. The largest absolute Gasteiger partial charge is 0.390 e. The average molecular weight is 370 g/mol. The second-order valence-corrected chi connectivity index (χ2v) is 6.00. The molecule has 3 nitrogen and oxygen atoms in total. The fraction of sp³-hybridized carbons (Fsp3) is 0.538. The van der Waals surface area contributed by atoms with Crippen molar-refractivity contribution in [3.05, 3.63) is 26.7 Å². The van der Waals surface area contributed by atoms with Crippen LogP contribution in [0.3, 0.4) is 0 Å². The summed E-state index contributed by atoms with van der Waals surface area (Å²) in [6, 6.07) is 3.54. The van der Waals surface area contributed by atoms with Gasteiger partial charge < -0.3 is 15.3 Å². The molecule has 1 atom stereocenters. The number of anilines is 1. The summed E-state index contributed by atoms with van der Waals surface area (Å²) in [5.74, 6) is 0. The Morgan fingerprint density at radius 3 is 2.26 bits per heavy atom. The number of benzene rings is 1. The molecule has 0 heterocycles. The molecule has 0 saturated heterocycles. The highest BCUT2D eigenvalue weighted by atomic mass is 79.9. The van der Waals surface area contributed by atoms with Gasteiger partial charge >= 0.3 is 0 Å². The zero-order chi connectivity index (χ0) is 14.4. The zero-order valence-electron chi connectivity index (χ0n) is 11.1. The standard InChI is InChI=1S/C13H19BrCl2N2O/c1-3-18(4-2)8-10(19)7-17-13-11(15)5-9(14)6-12(13)16/h5-6,10,17,19H,3-4,7-8H2,1-2H3. The quantitative estimate of drug-likeness (QED) is 0.765. The van der Waals surface area contributed by atoms with Gasteiger partial charge in [-0.2, -0.15) is 0 Å². The van der Waals surface area contributed by atoms with E-state index in [9.17, 15) is 5.11 Å². The molecule has 0 saturated carbocycles. The van der Waals surface area contributed by atoms with Gasteiger partial charge in [-0.1, -0.05) is 53.0 Å². The van der Waals surface area contributed by atoms with Gasteiger partial charge in [-0.3, -0.25) is 0 Å². The molecule has 108 valence electrons. The molecule has 0 aliphatic heterocycles. The first kappa shape index (κ1) is 17.1. The number of nitrogens with zero attached hydrogens (tertiary/aromatic N) is 1. The minimum atomic E-state index is -0.462. The zero-order valence-corrected chi connectivity index (χ0v) is 14.2. The molecule has 1 aromatic rings. The molecule has 0 aromatic heterocycles. The molecule has 0 bridgehead atoms. The van der Waals surface area contributed by atoms with Gasteiger partial charge in [0, 0.05) is 17.6 Å². The normalized spacial score (nSPS) is 12.8. The third kappa shape index (κ3) is 5.48. The van der Waals surface area contributed by atoms with Crippen molar-refractivity contribution in [1.29, 1.82) is 0 Å².